The quantitative estimate of drug-likeness (QED) is 0.253. The number of aromatic amines is 1. The Hall–Kier alpha value is -3.85. The van der Waals surface area contributed by atoms with Gasteiger partial charge in [0.05, 0.1) is 29.6 Å². The van der Waals surface area contributed by atoms with Crippen molar-refractivity contribution in [3.8, 4) is 11.3 Å². The zero-order valence-corrected chi connectivity index (χ0v) is 23.6. The maximum Gasteiger partial charge on any atom is 0.256 e. The van der Waals surface area contributed by atoms with E-state index in [4.69, 9.17) is 23.2 Å². The molecular weight excluding hydrogens is 545 g/mol. The largest absolute Gasteiger partial charge is 0.370 e. The van der Waals surface area contributed by atoms with Gasteiger partial charge in [0.2, 0.25) is 0 Å². The SMILES string of the molecule is CN1CCCN(c2ccc(C(=O)Nc3cc(-c4ccc5ncn(Cc6c(Cl)cccc6Cl)c5c4)[nH]n3)cc2)CC1. The van der Waals surface area contributed by atoms with Crippen LogP contribution in [0, 0.1) is 0 Å². The summed E-state index contributed by atoms with van der Waals surface area (Å²) in [5.41, 5.74) is 6.06. The summed E-state index contributed by atoms with van der Waals surface area (Å²) in [6, 6.07) is 21.1. The van der Waals surface area contributed by atoms with E-state index in [9.17, 15) is 4.79 Å². The van der Waals surface area contributed by atoms with Crippen molar-refractivity contribution >= 4 is 51.6 Å². The average Bonchev–Trinajstić information content (AvgIpc) is 3.53. The monoisotopic (exact) mass is 573 g/mol. The van der Waals surface area contributed by atoms with Gasteiger partial charge in [-0.15, -0.1) is 0 Å². The highest BCUT2D eigenvalue weighted by molar-refractivity contribution is 6.36. The molecule has 5 aromatic rings. The number of benzene rings is 3. The molecule has 2 aromatic heterocycles. The molecule has 0 atom stereocenters. The second-order valence-corrected chi connectivity index (χ2v) is 10.9. The van der Waals surface area contributed by atoms with Gasteiger partial charge < -0.3 is 19.7 Å². The molecular formula is C30H29Cl2N7O. The van der Waals surface area contributed by atoms with Crippen LogP contribution in [0.5, 0.6) is 0 Å². The third kappa shape index (κ3) is 5.56. The normalized spacial score (nSPS) is 14.4. The van der Waals surface area contributed by atoms with Gasteiger partial charge >= 0.3 is 0 Å². The van der Waals surface area contributed by atoms with Crippen molar-refractivity contribution in [2.75, 3.05) is 43.4 Å². The number of hydrogen-bond acceptors (Lipinski definition) is 5. The maximum atomic E-state index is 12.9. The summed E-state index contributed by atoms with van der Waals surface area (Å²) in [5, 5.41) is 11.5. The lowest BCUT2D eigenvalue weighted by atomic mass is 10.1. The molecule has 0 radical (unpaired) electrons. The molecule has 1 fully saturated rings. The lowest BCUT2D eigenvalue weighted by Crippen LogP contribution is -2.28. The number of imidazole rings is 1. The smallest absolute Gasteiger partial charge is 0.256 e. The van der Waals surface area contributed by atoms with E-state index in [1.165, 1.54) is 0 Å². The summed E-state index contributed by atoms with van der Waals surface area (Å²) in [4.78, 5) is 22.2. The van der Waals surface area contributed by atoms with Crippen LogP contribution >= 0.6 is 23.2 Å². The molecule has 1 saturated heterocycles. The standard InChI is InChI=1S/C30H29Cl2N7O/c1-37-12-3-13-38(15-14-37)22-9-6-20(7-10-22)30(40)34-29-17-27(35-36-29)21-8-11-26-28(16-21)39(19-33-26)18-23-24(31)4-2-5-25(23)32/h2,4-11,16-17,19H,3,12-15,18H2,1H3,(H2,34,35,36,40). The van der Waals surface area contributed by atoms with Crippen LogP contribution in [0.2, 0.25) is 10.0 Å². The molecule has 2 N–H and O–H groups in total. The Morgan fingerprint density at radius 3 is 2.58 bits per heavy atom. The Balaban J connectivity index is 1.16. The number of halogens is 2. The van der Waals surface area contributed by atoms with Gasteiger partial charge in [0.25, 0.3) is 5.91 Å². The van der Waals surface area contributed by atoms with Crippen LogP contribution in [0.1, 0.15) is 22.3 Å². The Morgan fingerprint density at radius 2 is 1.77 bits per heavy atom. The predicted octanol–water partition coefficient (Wildman–Crippen LogP) is 6.18. The molecule has 0 bridgehead atoms. The van der Waals surface area contributed by atoms with Gasteiger partial charge in [0.15, 0.2) is 5.82 Å². The third-order valence-electron chi connectivity index (χ3n) is 7.36. The van der Waals surface area contributed by atoms with Crippen molar-refractivity contribution < 1.29 is 4.79 Å². The van der Waals surface area contributed by atoms with Crippen LogP contribution in [0.3, 0.4) is 0 Å². The molecule has 40 heavy (non-hydrogen) atoms. The van der Waals surface area contributed by atoms with Gasteiger partial charge in [-0.25, -0.2) is 4.98 Å². The molecule has 0 aliphatic carbocycles. The molecule has 6 rings (SSSR count). The summed E-state index contributed by atoms with van der Waals surface area (Å²) in [6.45, 7) is 4.65. The third-order valence-corrected chi connectivity index (χ3v) is 8.06. The lowest BCUT2D eigenvalue weighted by Gasteiger charge is -2.22. The van der Waals surface area contributed by atoms with E-state index < -0.39 is 0 Å². The molecule has 1 aliphatic rings. The fourth-order valence-corrected chi connectivity index (χ4v) is 5.57. The number of nitrogens with zero attached hydrogens (tertiary/aromatic N) is 5. The van der Waals surface area contributed by atoms with Crippen LogP contribution in [-0.4, -0.2) is 63.8 Å². The van der Waals surface area contributed by atoms with Crippen molar-refractivity contribution in [1.29, 1.82) is 0 Å². The highest BCUT2D eigenvalue weighted by Crippen LogP contribution is 2.29. The first-order valence-electron chi connectivity index (χ1n) is 13.2. The highest BCUT2D eigenvalue weighted by atomic mass is 35.5. The van der Waals surface area contributed by atoms with Crippen molar-refractivity contribution in [2.45, 2.75) is 13.0 Å². The van der Waals surface area contributed by atoms with E-state index in [2.05, 4.69) is 37.3 Å². The Labute approximate surface area is 242 Å². The van der Waals surface area contributed by atoms with E-state index in [1.54, 1.807) is 6.33 Å². The number of fused-ring (bicyclic) bond motifs is 1. The average molecular weight is 575 g/mol. The zero-order chi connectivity index (χ0) is 27.6. The molecule has 204 valence electrons. The summed E-state index contributed by atoms with van der Waals surface area (Å²) in [6.07, 6.45) is 2.91. The van der Waals surface area contributed by atoms with Gasteiger partial charge in [-0.1, -0.05) is 35.3 Å². The first kappa shape index (κ1) is 26.4. The van der Waals surface area contributed by atoms with E-state index in [0.717, 1.165) is 66.1 Å². The first-order chi connectivity index (χ1) is 19.4. The number of likely N-dealkylation sites (N-methyl/N-ethyl adjacent to an activating group) is 1. The molecule has 1 amide bonds. The second kappa shape index (κ2) is 11.3. The molecule has 0 unspecified atom stereocenters. The van der Waals surface area contributed by atoms with Crippen LogP contribution in [0.25, 0.3) is 22.3 Å². The van der Waals surface area contributed by atoms with Gasteiger partial charge in [-0.2, -0.15) is 5.10 Å². The van der Waals surface area contributed by atoms with Crippen LogP contribution < -0.4 is 10.2 Å². The van der Waals surface area contributed by atoms with Crippen molar-refractivity contribution in [3.05, 3.63) is 94.2 Å². The lowest BCUT2D eigenvalue weighted by molar-refractivity contribution is 0.102. The first-order valence-corrected chi connectivity index (χ1v) is 14.0. The fourth-order valence-electron chi connectivity index (χ4n) is 5.05. The molecule has 0 spiro atoms. The number of H-pyrrole nitrogens is 1. The van der Waals surface area contributed by atoms with Gasteiger partial charge in [0.1, 0.15) is 0 Å². The van der Waals surface area contributed by atoms with Crippen LogP contribution in [-0.2, 0) is 6.54 Å². The molecule has 3 heterocycles. The molecule has 1 aliphatic heterocycles. The van der Waals surface area contributed by atoms with E-state index in [0.29, 0.717) is 28.0 Å². The van der Waals surface area contributed by atoms with Gasteiger partial charge in [-0.3, -0.25) is 9.89 Å². The number of amides is 1. The summed E-state index contributed by atoms with van der Waals surface area (Å²) < 4.78 is 2.01. The second-order valence-electron chi connectivity index (χ2n) is 10.1. The minimum atomic E-state index is -0.203. The number of rotatable bonds is 6. The fraction of sp³-hybridized carbons (Fsp3) is 0.233. The maximum absolute atomic E-state index is 12.9. The number of nitrogens with one attached hydrogen (secondary N) is 2. The van der Waals surface area contributed by atoms with Crippen molar-refractivity contribution in [2.24, 2.45) is 0 Å². The van der Waals surface area contributed by atoms with E-state index >= 15 is 0 Å². The molecule has 3 aromatic carbocycles. The number of aromatic nitrogens is 4. The molecule has 0 saturated carbocycles. The topological polar surface area (TPSA) is 82.1 Å². The van der Waals surface area contributed by atoms with Crippen LogP contribution in [0.4, 0.5) is 11.5 Å². The number of anilines is 2. The van der Waals surface area contributed by atoms with Gasteiger partial charge in [0, 0.05) is 58.1 Å². The summed E-state index contributed by atoms with van der Waals surface area (Å²) in [7, 11) is 2.16. The highest BCUT2D eigenvalue weighted by Gasteiger charge is 2.15. The van der Waals surface area contributed by atoms with Crippen LogP contribution in [0.15, 0.2) is 73.1 Å². The Kier molecular flexibility index (Phi) is 7.47. The van der Waals surface area contributed by atoms with Gasteiger partial charge in [-0.05, 0) is 68.5 Å². The predicted molar refractivity (Wildman–Crippen MR) is 162 cm³/mol. The summed E-state index contributed by atoms with van der Waals surface area (Å²) >= 11 is 12.8. The molecule has 8 nitrogen and oxygen atoms in total. The zero-order valence-electron chi connectivity index (χ0n) is 22.1. The van der Waals surface area contributed by atoms with E-state index in [1.807, 2.05) is 71.3 Å². The van der Waals surface area contributed by atoms with E-state index in [-0.39, 0.29) is 5.91 Å². The minimum Gasteiger partial charge on any atom is -0.370 e. The number of carbonyl (C=O) groups is 1. The van der Waals surface area contributed by atoms with Crippen molar-refractivity contribution in [1.82, 2.24) is 24.6 Å². The Bertz CT molecular complexity index is 1640. The number of hydrogen-bond donors (Lipinski definition) is 2. The number of carbonyl (C=O) groups excluding carboxylic acids is 1. The minimum absolute atomic E-state index is 0.203. The van der Waals surface area contributed by atoms with Crippen molar-refractivity contribution in [3.63, 3.8) is 0 Å². The molecule has 10 heteroatoms. The Morgan fingerprint density at radius 1 is 0.975 bits per heavy atom. The summed E-state index contributed by atoms with van der Waals surface area (Å²) in [5.74, 6) is 0.251.